The molecular formula is C21H15F5N2O4. The first kappa shape index (κ1) is 22.9. The molecule has 1 aromatic heterocycles. The first-order chi connectivity index (χ1) is 15.0. The number of carbonyl (C=O) groups excluding carboxylic acids is 1. The molecule has 0 aliphatic carbocycles. The van der Waals surface area contributed by atoms with Gasteiger partial charge in [-0.25, -0.2) is 18.3 Å². The summed E-state index contributed by atoms with van der Waals surface area (Å²) >= 11 is 0. The fourth-order valence-electron chi connectivity index (χ4n) is 3.04. The molecule has 0 atom stereocenters. The second kappa shape index (κ2) is 8.77. The Morgan fingerprint density at radius 3 is 2.34 bits per heavy atom. The number of nitrogens with zero attached hydrogens (tertiary/aromatic N) is 2. The quantitative estimate of drug-likeness (QED) is 0.463. The van der Waals surface area contributed by atoms with Crippen LogP contribution in [0, 0.1) is 11.6 Å². The monoisotopic (exact) mass is 454 g/mol. The third-order valence-electron chi connectivity index (χ3n) is 4.39. The van der Waals surface area contributed by atoms with Crippen molar-refractivity contribution in [3.05, 3.63) is 81.1 Å². The number of aromatic nitrogens is 2. The number of benzene rings is 2. The lowest BCUT2D eigenvalue weighted by molar-refractivity contribution is -0.138. The first-order valence-corrected chi connectivity index (χ1v) is 9.15. The number of esters is 1. The zero-order chi connectivity index (χ0) is 23.6. The fraction of sp³-hybridized carbons (Fsp3) is 0.190. The van der Waals surface area contributed by atoms with Crippen molar-refractivity contribution in [2.45, 2.75) is 19.6 Å². The number of rotatable bonds is 5. The maximum atomic E-state index is 13.7. The Morgan fingerprint density at radius 1 is 1.12 bits per heavy atom. The van der Waals surface area contributed by atoms with Crippen molar-refractivity contribution in [2.75, 3.05) is 6.61 Å². The van der Waals surface area contributed by atoms with Gasteiger partial charge in [0, 0.05) is 11.6 Å². The smallest absolute Gasteiger partial charge is 0.416 e. The SMILES string of the molecule is CCOC(=O)c1c(O)c(-c2cc(F)cc(F)c2)nn(Cc2ccccc2C(F)(F)F)c1=O. The predicted octanol–water partition coefficient (Wildman–Crippen LogP) is 4.14. The molecule has 0 amide bonds. The number of ether oxygens (including phenoxy) is 1. The predicted molar refractivity (Wildman–Crippen MR) is 102 cm³/mol. The molecular weight excluding hydrogens is 439 g/mol. The normalized spacial score (nSPS) is 11.4. The number of aromatic hydroxyl groups is 1. The van der Waals surface area contributed by atoms with Crippen LogP contribution in [-0.4, -0.2) is 27.5 Å². The minimum Gasteiger partial charge on any atom is -0.505 e. The maximum Gasteiger partial charge on any atom is 0.416 e. The van der Waals surface area contributed by atoms with Crippen LogP contribution in [0.4, 0.5) is 22.0 Å². The van der Waals surface area contributed by atoms with Crippen LogP contribution in [0.5, 0.6) is 5.75 Å². The Hall–Kier alpha value is -3.76. The van der Waals surface area contributed by atoms with Crippen LogP contribution in [-0.2, 0) is 17.5 Å². The summed E-state index contributed by atoms with van der Waals surface area (Å²) in [5.74, 6) is -4.37. The lowest BCUT2D eigenvalue weighted by Gasteiger charge is -2.16. The topological polar surface area (TPSA) is 81.4 Å². The largest absolute Gasteiger partial charge is 0.505 e. The molecule has 168 valence electrons. The number of alkyl halides is 3. The number of halogens is 5. The van der Waals surface area contributed by atoms with Gasteiger partial charge < -0.3 is 9.84 Å². The lowest BCUT2D eigenvalue weighted by atomic mass is 10.1. The van der Waals surface area contributed by atoms with E-state index in [4.69, 9.17) is 4.74 Å². The van der Waals surface area contributed by atoms with Gasteiger partial charge >= 0.3 is 12.1 Å². The van der Waals surface area contributed by atoms with Crippen molar-refractivity contribution >= 4 is 5.97 Å². The van der Waals surface area contributed by atoms with E-state index in [1.54, 1.807) is 0 Å². The summed E-state index contributed by atoms with van der Waals surface area (Å²) in [5.41, 5.74) is -4.49. The highest BCUT2D eigenvalue weighted by molar-refractivity contribution is 5.94. The summed E-state index contributed by atoms with van der Waals surface area (Å²) in [7, 11) is 0. The van der Waals surface area contributed by atoms with Crippen molar-refractivity contribution in [1.82, 2.24) is 9.78 Å². The summed E-state index contributed by atoms with van der Waals surface area (Å²) in [6, 6.07) is 6.47. The highest BCUT2D eigenvalue weighted by Gasteiger charge is 2.33. The molecule has 1 heterocycles. The van der Waals surface area contributed by atoms with Crippen LogP contribution >= 0.6 is 0 Å². The van der Waals surface area contributed by atoms with Crippen molar-refractivity contribution in [3.63, 3.8) is 0 Å². The molecule has 11 heteroatoms. The van der Waals surface area contributed by atoms with Gasteiger partial charge in [0.1, 0.15) is 17.3 Å². The summed E-state index contributed by atoms with van der Waals surface area (Å²) in [5, 5.41) is 14.3. The first-order valence-electron chi connectivity index (χ1n) is 9.15. The van der Waals surface area contributed by atoms with Crippen LogP contribution in [0.2, 0.25) is 0 Å². The molecule has 0 fully saturated rings. The molecule has 1 N–H and O–H groups in total. The van der Waals surface area contributed by atoms with Crippen LogP contribution in [0.3, 0.4) is 0 Å². The van der Waals surface area contributed by atoms with Crippen LogP contribution in [0.25, 0.3) is 11.3 Å². The molecule has 0 saturated carbocycles. The second-order valence-corrected chi connectivity index (χ2v) is 6.57. The third kappa shape index (κ3) is 4.61. The summed E-state index contributed by atoms with van der Waals surface area (Å²) in [6.45, 7) is 0.504. The van der Waals surface area contributed by atoms with E-state index in [0.717, 1.165) is 30.3 Å². The Labute approximate surface area is 177 Å². The van der Waals surface area contributed by atoms with E-state index in [1.165, 1.54) is 13.0 Å². The average molecular weight is 454 g/mol. The molecule has 0 bridgehead atoms. The number of hydrogen-bond donors (Lipinski definition) is 1. The van der Waals surface area contributed by atoms with Gasteiger partial charge in [0.05, 0.1) is 18.7 Å². The summed E-state index contributed by atoms with van der Waals surface area (Å²) < 4.78 is 72.7. The number of carbonyl (C=O) groups is 1. The van der Waals surface area contributed by atoms with E-state index in [9.17, 15) is 36.6 Å². The number of hydrogen-bond acceptors (Lipinski definition) is 5. The zero-order valence-corrected chi connectivity index (χ0v) is 16.4. The Balaban J connectivity index is 2.26. The molecule has 6 nitrogen and oxygen atoms in total. The Kier molecular flexibility index (Phi) is 6.28. The molecule has 0 spiro atoms. The van der Waals surface area contributed by atoms with Crippen LogP contribution in [0.1, 0.15) is 28.4 Å². The maximum absolute atomic E-state index is 13.7. The molecule has 0 saturated heterocycles. The van der Waals surface area contributed by atoms with E-state index in [1.807, 2.05) is 0 Å². The standard InChI is InChI=1S/C21H15F5N2O4/c1-2-32-20(31)16-18(29)17(12-7-13(22)9-14(23)8-12)27-28(19(16)30)10-11-5-3-4-6-15(11)21(24,25)26/h3-9,29H,2,10H2,1H3. The van der Waals surface area contributed by atoms with E-state index in [0.29, 0.717) is 10.7 Å². The average Bonchev–Trinajstić information content (AvgIpc) is 2.69. The van der Waals surface area contributed by atoms with Crippen molar-refractivity contribution < 1.29 is 36.6 Å². The van der Waals surface area contributed by atoms with Gasteiger partial charge in [0.2, 0.25) is 0 Å². The van der Waals surface area contributed by atoms with Crippen molar-refractivity contribution in [1.29, 1.82) is 0 Å². The zero-order valence-electron chi connectivity index (χ0n) is 16.4. The van der Waals surface area contributed by atoms with E-state index >= 15 is 0 Å². The van der Waals surface area contributed by atoms with Gasteiger partial charge in [-0.3, -0.25) is 4.79 Å². The van der Waals surface area contributed by atoms with E-state index < -0.39 is 58.5 Å². The minimum atomic E-state index is -4.74. The van der Waals surface area contributed by atoms with Gasteiger partial charge in [0.15, 0.2) is 11.3 Å². The lowest BCUT2D eigenvalue weighted by Crippen LogP contribution is -2.31. The van der Waals surface area contributed by atoms with Gasteiger partial charge in [-0.2, -0.15) is 18.3 Å². The molecule has 2 aromatic carbocycles. The van der Waals surface area contributed by atoms with E-state index in [2.05, 4.69) is 5.10 Å². The molecule has 3 rings (SSSR count). The third-order valence-corrected chi connectivity index (χ3v) is 4.39. The molecule has 32 heavy (non-hydrogen) atoms. The fourth-order valence-corrected chi connectivity index (χ4v) is 3.04. The highest BCUT2D eigenvalue weighted by atomic mass is 19.4. The minimum absolute atomic E-state index is 0.180. The van der Waals surface area contributed by atoms with Gasteiger partial charge in [0.25, 0.3) is 5.56 Å². The molecule has 0 unspecified atom stereocenters. The van der Waals surface area contributed by atoms with Crippen LogP contribution < -0.4 is 5.56 Å². The Morgan fingerprint density at radius 2 is 1.75 bits per heavy atom. The summed E-state index contributed by atoms with van der Waals surface area (Å²) in [4.78, 5) is 25.1. The highest BCUT2D eigenvalue weighted by Crippen LogP contribution is 2.33. The molecule has 0 aliphatic heterocycles. The van der Waals surface area contributed by atoms with Gasteiger partial charge in [-0.1, -0.05) is 18.2 Å². The van der Waals surface area contributed by atoms with Crippen LogP contribution in [0.15, 0.2) is 47.3 Å². The summed E-state index contributed by atoms with van der Waals surface area (Å²) in [6.07, 6.45) is -4.74. The van der Waals surface area contributed by atoms with Gasteiger partial charge in [-0.05, 0) is 30.7 Å². The van der Waals surface area contributed by atoms with Crippen molar-refractivity contribution in [2.24, 2.45) is 0 Å². The Bertz CT molecular complexity index is 1220. The van der Waals surface area contributed by atoms with Gasteiger partial charge in [-0.15, -0.1) is 0 Å². The van der Waals surface area contributed by atoms with E-state index in [-0.39, 0.29) is 17.7 Å². The molecule has 0 radical (unpaired) electrons. The molecule has 3 aromatic rings. The molecule has 0 aliphatic rings. The second-order valence-electron chi connectivity index (χ2n) is 6.57. The van der Waals surface area contributed by atoms with Crippen molar-refractivity contribution in [3.8, 4) is 17.0 Å².